The van der Waals surface area contributed by atoms with Crippen LogP contribution in [0.3, 0.4) is 0 Å². The molecule has 2 aliphatic heterocycles. The highest BCUT2D eigenvalue weighted by Gasteiger charge is 2.56. The average Bonchev–Trinajstić information content (AvgIpc) is 3.33. The molecule has 0 aromatic heterocycles. The topological polar surface area (TPSA) is 224 Å². The summed E-state index contributed by atoms with van der Waals surface area (Å²) >= 11 is 18.6. The number of halogens is 3. The van der Waals surface area contributed by atoms with Crippen molar-refractivity contribution >= 4 is 88.5 Å². The zero-order valence-electron chi connectivity index (χ0n) is 38.3. The van der Waals surface area contributed by atoms with Crippen molar-refractivity contribution in [3.63, 3.8) is 0 Å². The van der Waals surface area contributed by atoms with Crippen LogP contribution < -0.4 is 5.32 Å². The molecule has 0 radical (unpaired) electrons. The van der Waals surface area contributed by atoms with E-state index < -0.39 is 126 Å². The van der Waals surface area contributed by atoms with Gasteiger partial charge in [-0.1, -0.05) is 119 Å². The summed E-state index contributed by atoms with van der Waals surface area (Å²) in [5.41, 5.74) is -0.144. The third-order valence-electron chi connectivity index (χ3n) is 10.5. The highest BCUT2D eigenvalue weighted by atomic mass is 35.6. The Bertz CT molecular complexity index is 2480. The second-order valence-corrected chi connectivity index (χ2v) is 19.5. The van der Waals surface area contributed by atoms with Gasteiger partial charge in [0, 0.05) is 25.7 Å². The lowest BCUT2D eigenvalue weighted by molar-refractivity contribution is -0.290. The lowest BCUT2D eigenvalue weighted by atomic mass is 9.96. The second-order valence-electron chi connectivity index (χ2n) is 15.8. The first-order chi connectivity index (χ1) is 33.9. The molecule has 2 fully saturated rings. The molecule has 2 aliphatic rings. The van der Waals surface area contributed by atoms with Crippen LogP contribution in [0.2, 0.25) is 0 Å². The summed E-state index contributed by atoms with van der Waals surface area (Å²) < 4.78 is 57.7. The van der Waals surface area contributed by atoms with E-state index in [-0.39, 0.29) is 16.7 Å². The van der Waals surface area contributed by atoms with E-state index in [0.29, 0.717) is 4.90 Å². The van der Waals surface area contributed by atoms with Gasteiger partial charge >= 0.3 is 41.9 Å². The summed E-state index contributed by atoms with van der Waals surface area (Å²) in [6.07, 6.45) is -14.0. The first-order valence-electron chi connectivity index (χ1n) is 21.8. The molecule has 10 atom stereocenters. The molecule has 4 aromatic carbocycles. The summed E-state index contributed by atoms with van der Waals surface area (Å²) in [7, 11) is 0. The number of amides is 1. The van der Waals surface area contributed by atoms with Crippen molar-refractivity contribution < 1.29 is 80.9 Å². The minimum Gasteiger partial charge on any atom is -0.463 e. The maximum Gasteiger partial charge on any atom is 0.407 e. The number of nitrogens with one attached hydrogen (secondary N) is 1. The number of hydrogen-bond acceptors (Lipinski definition) is 18. The number of ether oxygens (including phenoxy) is 10. The fourth-order valence-corrected chi connectivity index (χ4v) is 8.70. The number of hydrogen-bond donors (Lipinski definition) is 1. The largest absolute Gasteiger partial charge is 0.463 e. The SMILES string of the molecule is CC(=O)OC[C@H]1O[C@@H](OC[C@H]2O[C@@H](Sc3ccccc3C)[C@H](OC(=O)c3ccccc3)[C@@H](OC(=O)c3ccccc3)[C@@H]2OC(=O)c2ccccc2)[C@H](NC(=O)OCC(Cl)(Cl)Cl)[C@@H](OC(C)=O)[C@H]1OC(C)=O. The molecule has 22 heteroatoms. The smallest absolute Gasteiger partial charge is 0.407 e. The van der Waals surface area contributed by atoms with Gasteiger partial charge in [0.05, 0.1) is 23.3 Å². The molecule has 0 saturated carbocycles. The Kier molecular flexibility index (Phi) is 19.5. The highest BCUT2D eigenvalue weighted by molar-refractivity contribution is 7.99. The van der Waals surface area contributed by atoms with Crippen LogP contribution >= 0.6 is 46.6 Å². The van der Waals surface area contributed by atoms with Crippen LogP contribution in [-0.2, 0) is 61.8 Å². The monoisotopic (exact) mass is 1060 g/mol. The fourth-order valence-electron chi connectivity index (χ4n) is 7.33. The minimum atomic E-state index is -2.06. The summed E-state index contributed by atoms with van der Waals surface area (Å²) in [5, 5.41) is 2.46. The van der Waals surface area contributed by atoms with Crippen molar-refractivity contribution in [3.8, 4) is 0 Å². The standard InChI is InChI=1S/C49H48Cl3NO17S/c1-27-16-14-15-23-36(27)71-47-42(70-45(59)33-21-12-7-13-22-33)41(69-44(58)32-19-10-6-11-20-32)39(68-43(57)31-17-8-5-9-18-31)35(67-47)25-62-46-37(53-48(60)63-26-49(50,51)52)40(65-30(4)56)38(64-29(3)55)34(66-46)24-61-28(2)54/h5-23,34-35,37-42,46-47H,24-26H2,1-4H3,(H,53,60)/t34-,35-,37-,38+,39-,40-,41+,42-,46-,47+/m1/s1. The molecule has 378 valence electrons. The molecule has 4 aromatic rings. The van der Waals surface area contributed by atoms with E-state index >= 15 is 0 Å². The minimum absolute atomic E-state index is 0.0804. The Morgan fingerprint density at radius 1 is 0.549 bits per heavy atom. The number of aryl methyl sites for hydroxylation is 1. The van der Waals surface area contributed by atoms with Gasteiger partial charge in [0.1, 0.15) is 36.9 Å². The average molecular weight is 1060 g/mol. The molecular formula is C49H48Cl3NO17S. The van der Waals surface area contributed by atoms with Crippen molar-refractivity contribution in [1.82, 2.24) is 5.32 Å². The van der Waals surface area contributed by atoms with Crippen molar-refractivity contribution in [2.45, 2.75) is 96.9 Å². The van der Waals surface area contributed by atoms with Crippen LogP contribution in [0.25, 0.3) is 0 Å². The van der Waals surface area contributed by atoms with E-state index in [1.54, 1.807) is 66.7 Å². The fraction of sp³-hybridized carbons (Fsp3) is 0.367. The van der Waals surface area contributed by atoms with Gasteiger partial charge in [-0.15, -0.1) is 0 Å². The van der Waals surface area contributed by atoms with Crippen molar-refractivity contribution in [2.24, 2.45) is 0 Å². The van der Waals surface area contributed by atoms with Crippen molar-refractivity contribution in [2.75, 3.05) is 19.8 Å². The molecule has 0 unspecified atom stereocenters. The molecule has 1 N–H and O–H groups in total. The van der Waals surface area contributed by atoms with E-state index in [4.69, 9.17) is 82.2 Å². The van der Waals surface area contributed by atoms with E-state index in [0.717, 1.165) is 38.1 Å². The summed E-state index contributed by atoms with van der Waals surface area (Å²) in [4.78, 5) is 93.8. The van der Waals surface area contributed by atoms with Gasteiger partial charge in [-0.3, -0.25) is 14.4 Å². The lowest BCUT2D eigenvalue weighted by Crippen LogP contribution is -2.67. The summed E-state index contributed by atoms with van der Waals surface area (Å²) in [5.74, 6) is -5.19. The number of alkyl halides is 3. The molecule has 1 amide bonds. The van der Waals surface area contributed by atoms with Crippen molar-refractivity contribution in [3.05, 3.63) is 138 Å². The zero-order valence-corrected chi connectivity index (χ0v) is 41.4. The first kappa shape index (κ1) is 54.4. The van der Waals surface area contributed by atoms with Crippen LogP contribution in [0.5, 0.6) is 0 Å². The van der Waals surface area contributed by atoms with Gasteiger partial charge in [0.25, 0.3) is 0 Å². The molecule has 2 heterocycles. The van der Waals surface area contributed by atoms with Gasteiger partial charge in [-0.25, -0.2) is 19.2 Å². The molecule has 6 rings (SSSR count). The third kappa shape index (κ3) is 15.8. The number of carbonyl (C=O) groups excluding carboxylic acids is 7. The Hall–Kier alpha value is -5.93. The third-order valence-corrected chi connectivity index (χ3v) is 12.1. The molecule has 0 spiro atoms. The van der Waals surface area contributed by atoms with E-state index in [2.05, 4.69) is 5.32 Å². The summed E-state index contributed by atoms with van der Waals surface area (Å²) in [6.45, 7) is 3.03. The van der Waals surface area contributed by atoms with E-state index in [1.165, 1.54) is 36.4 Å². The van der Waals surface area contributed by atoms with Gasteiger partial charge in [0.2, 0.25) is 3.79 Å². The second kappa shape index (κ2) is 25.5. The van der Waals surface area contributed by atoms with Gasteiger partial charge in [0.15, 0.2) is 36.8 Å². The lowest BCUT2D eigenvalue weighted by Gasteiger charge is -2.47. The molecule has 0 bridgehead atoms. The van der Waals surface area contributed by atoms with Gasteiger partial charge in [-0.2, -0.15) is 0 Å². The maximum atomic E-state index is 14.2. The van der Waals surface area contributed by atoms with E-state index in [9.17, 15) is 33.6 Å². The quantitative estimate of drug-likeness (QED) is 0.0631. The number of benzene rings is 4. The Morgan fingerprint density at radius 2 is 1.01 bits per heavy atom. The number of carbonyl (C=O) groups is 7. The molecule has 71 heavy (non-hydrogen) atoms. The predicted molar refractivity (Wildman–Crippen MR) is 254 cm³/mol. The van der Waals surface area contributed by atoms with Crippen LogP contribution in [0.4, 0.5) is 4.79 Å². The Labute approximate surface area is 427 Å². The zero-order chi connectivity index (χ0) is 51.2. The van der Waals surface area contributed by atoms with Crippen LogP contribution in [0.15, 0.2) is 120 Å². The van der Waals surface area contributed by atoms with Crippen LogP contribution in [0, 0.1) is 6.92 Å². The van der Waals surface area contributed by atoms with E-state index in [1.807, 2.05) is 19.1 Å². The number of alkyl carbamates (subject to hydrolysis) is 1. The Morgan fingerprint density at radius 3 is 1.52 bits per heavy atom. The van der Waals surface area contributed by atoms with Crippen molar-refractivity contribution in [1.29, 1.82) is 0 Å². The number of rotatable bonds is 17. The Balaban J connectivity index is 1.47. The predicted octanol–water partition coefficient (Wildman–Crippen LogP) is 7.12. The van der Waals surface area contributed by atoms with Gasteiger partial charge < -0.3 is 52.7 Å². The van der Waals surface area contributed by atoms with Gasteiger partial charge in [-0.05, 0) is 55.0 Å². The molecule has 18 nitrogen and oxygen atoms in total. The normalized spacial score (nSPS) is 24.0. The molecular weight excluding hydrogens is 1010 g/mol. The van der Waals surface area contributed by atoms with Crippen LogP contribution in [0.1, 0.15) is 57.4 Å². The molecule has 0 aliphatic carbocycles. The summed E-state index contributed by atoms with van der Waals surface area (Å²) in [6, 6.07) is 29.4. The molecule has 2 saturated heterocycles. The van der Waals surface area contributed by atoms with Crippen LogP contribution in [-0.4, -0.2) is 126 Å². The number of thioether (sulfide) groups is 1. The number of esters is 6. The maximum absolute atomic E-state index is 14.2. The highest BCUT2D eigenvalue weighted by Crippen LogP contribution is 2.40. The first-order valence-corrected chi connectivity index (χ1v) is 23.8.